The zero-order chi connectivity index (χ0) is 20.5. The molecule has 9 nitrogen and oxygen atoms in total. The molecule has 0 radical (unpaired) electrons. The minimum atomic E-state index is -0.493. The van der Waals surface area contributed by atoms with Gasteiger partial charge in [0.15, 0.2) is 0 Å². The van der Waals surface area contributed by atoms with E-state index in [0.717, 1.165) is 10.1 Å². The van der Waals surface area contributed by atoms with Gasteiger partial charge in [-0.15, -0.1) is 0 Å². The first-order valence-corrected chi connectivity index (χ1v) is 8.86. The van der Waals surface area contributed by atoms with Crippen LogP contribution >= 0.6 is 0 Å². The van der Waals surface area contributed by atoms with E-state index in [1.165, 1.54) is 30.9 Å². The summed E-state index contributed by atoms with van der Waals surface area (Å²) in [5.74, 6) is -0.393. The van der Waals surface area contributed by atoms with Crippen molar-refractivity contribution in [1.29, 1.82) is 0 Å². The molecule has 4 rings (SSSR count). The number of hydrogen-bond acceptors (Lipinski definition) is 5. The molecule has 0 aliphatic rings. The van der Waals surface area contributed by atoms with E-state index in [9.17, 15) is 14.4 Å². The Morgan fingerprint density at radius 2 is 1.97 bits per heavy atom. The number of carbonyl (C=O) groups is 1. The van der Waals surface area contributed by atoms with E-state index in [1.807, 2.05) is 29.0 Å². The predicted octanol–water partition coefficient (Wildman–Crippen LogP) is 1.13. The highest BCUT2D eigenvalue weighted by molar-refractivity contribution is 6.05. The highest BCUT2D eigenvalue weighted by Gasteiger charge is 2.14. The molecule has 0 spiro atoms. The Labute approximate surface area is 164 Å². The number of fused-ring (bicyclic) bond motifs is 1. The summed E-state index contributed by atoms with van der Waals surface area (Å²) in [6, 6.07) is 8.92. The van der Waals surface area contributed by atoms with Crippen LogP contribution < -0.4 is 16.6 Å². The molecular weight excluding hydrogens is 372 g/mol. The number of imidazole rings is 1. The van der Waals surface area contributed by atoms with Gasteiger partial charge in [-0.05, 0) is 23.8 Å². The Morgan fingerprint density at radius 3 is 2.72 bits per heavy atom. The smallest absolute Gasteiger partial charge is 0.332 e. The molecule has 0 saturated heterocycles. The van der Waals surface area contributed by atoms with E-state index in [1.54, 1.807) is 18.6 Å². The van der Waals surface area contributed by atoms with Gasteiger partial charge >= 0.3 is 5.69 Å². The maximum absolute atomic E-state index is 12.7. The van der Waals surface area contributed by atoms with Crippen molar-refractivity contribution in [3.05, 3.63) is 87.2 Å². The first-order valence-electron chi connectivity index (χ1n) is 8.86. The van der Waals surface area contributed by atoms with Crippen LogP contribution in [0.15, 0.2) is 64.8 Å². The van der Waals surface area contributed by atoms with Gasteiger partial charge in [-0.2, -0.15) is 0 Å². The van der Waals surface area contributed by atoms with Crippen molar-refractivity contribution in [1.82, 2.24) is 23.7 Å². The summed E-state index contributed by atoms with van der Waals surface area (Å²) in [5, 5.41) is 3.03. The molecule has 0 fully saturated rings. The number of nitrogens with one attached hydrogen (secondary N) is 1. The van der Waals surface area contributed by atoms with Gasteiger partial charge in [-0.3, -0.25) is 18.7 Å². The van der Waals surface area contributed by atoms with Gasteiger partial charge in [0.1, 0.15) is 5.65 Å². The first kappa shape index (κ1) is 18.4. The van der Waals surface area contributed by atoms with Crippen molar-refractivity contribution in [3.63, 3.8) is 0 Å². The number of carbonyl (C=O) groups excluding carboxylic acids is 1. The maximum atomic E-state index is 12.7. The molecule has 3 heterocycles. The summed E-state index contributed by atoms with van der Waals surface area (Å²) in [4.78, 5) is 45.3. The van der Waals surface area contributed by atoms with Crippen molar-refractivity contribution in [2.45, 2.75) is 6.54 Å². The van der Waals surface area contributed by atoms with Crippen molar-refractivity contribution in [2.24, 2.45) is 14.1 Å². The summed E-state index contributed by atoms with van der Waals surface area (Å²) >= 11 is 0. The molecule has 1 N–H and O–H groups in total. The van der Waals surface area contributed by atoms with Crippen LogP contribution in [0.3, 0.4) is 0 Å². The van der Waals surface area contributed by atoms with Crippen LogP contribution in [0, 0.1) is 0 Å². The third kappa shape index (κ3) is 3.45. The number of aryl methyl sites for hydroxylation is 1. The number of pyridine rings is 1. The van der Waals surface area contributed by atoms with Gasteiger partial charge < -0.3 is 9.88 Å². The van der Waals surface area contributed by atoms with Crippen molar-refractivity contribution in [2.75, 3.05) is 5.32 Å². The molecule has 0 aliphatic carbocycles. The van der Waals surface area contributed by atoms with E-state index >= 15 is 0 Å². The number of rotatable bonds is 4. The van der Waals surface area contributed by atoms with E-state index in [2.05, 4.69) is 15.3 Å². The van der Waals surface area contributed by atoms with Gasteiger partial charge in [0.2, 0.25) is 0 Å². The van der Waals surface area contributed by atoms with E-state index in [4.69, 9.17) is 0 Å². The quantitative estimate of drug-likeness (QED) is 0.563. The van der Waals surface area contributed by atoms with Crippen LogP contribution in [0.1, 0.15) is 15.9 Å². The molecule has 0 saturated carbocycles. The number of amides is 1. The topological polar surface area (TPSA) is 104 Å². The molecule has 0 unspecified atom stereocenters. The Balaban J connectivity index is 1.63. The number of hydrogen-bond donors (Lipinski definition) is 1. The van der Waals surface area contributed by atoms with Gasteiger partial charge in [0, 0.05) is 44.9 Å². The average molecular weight is 390 g/mol. The third-order valence-electron chi connectivity index (χ3n) is 4.66. The zero-order valence-electron chi connectivity index (χ0n) is 15.9. The maximum Gasteiger partial charge on any atom is 0.332 e. The molecule has 3 aromatic heterocycles. The van der Waals surface area contributed by atoms with Crippen LogP contribution in [0.4, 0.5) is 5.69 Å². The van der Waals surface area contributed by atoms with E-state index in [0.29, 0.717) is 12.2 Å². The number of nitrogens with zero attached hydrogens (tertiary/aromatic N) is 5. The van der Waals surface area contributed by atoms with Gasteiger partial charge in [-0.25, -0.2) is 14.8 Å². The zero-order valence-corrected chi connectivity index (χ0v) is 15.9. The molecule has 29 heavy (non-hydrogen) atoms. The average Bonchev–Trinajstić information content (AvgIpc) is 3.23. The lowest BCUT2D eigenvalue weighted by atomic mass is 10.1. The SMILES string of the molecule is Cn1c(=O)c2cc(C(=O)Nc3cccc(Cn4ccnc4)c3)cnc2n(C)c1=O. The lowest BCUT2D eigenvalue weighted by Gasteiger charge is -2.10. The number of anilines is 1. The summed E-state index contributed by atoms with van der Waals surface area (Å²) in [5.41, 5.74) is 1.13. The van der Waals surface area contributed by atoms with Crippen molar-refractivity contribution >= 4 is 22.6 Å². The second kappa shape index (κ2) is 7.19. The molecule has 9 heteroatoms. The molecule has 4 aromatic rings. The lowest BCUT2D eigenvalue weighted by molar-refractivity contribution is 0.102. The van der Waals surface area contributed by atoms with Crippen LogP contribution in [0.25, 0.3) is 11.0 Å². The van der Waals surface area contributed by atoms with Crippen molar-refractivity contribution < 1.29 is 4.79 Å². The number of aromatic nitrogens is 5. The fraction of sp³-hybridized carbons (Fsp3) is 0.150. The fourth-order valence-corrected chi connectivity index (χ4v) is 3.13. The highest BCUT2D eigenvalue weighted by Crippen LogP contribution is 2.14. The predicted molar refractivity (Wildman–Crippen MR) is 108 cm³/mol. The Bertz CT molecular complexity index is 1330. The minimum absolute atomic E-state index is 0.205. The van der Waals surface area contributed by atoms with E-state index in [-0.39, 0.29) is 16.6 Å². The summed E-state index contributed by atoms with van der Waals surface area (Å²) in [7, 11) is 2.92. The van der Waals surface area contributed by atoms with Crippen LogP contribution in [0.5, 0.6) is 0 Å². The van der Waals surface area contributed by atoms with Crippen molar-refractivity contribution in [3.8, 4) is 0 Å². The second-order valence-corrected chi connectivity index (χ2v) is 6.69. The molecule has 1 amide bonds. The highest BCUT2D eigenvalue weighted by atomic mass is 16.2. The molecule has 0 atom stereocenters. The molecule has 146 valence electrons. The minimum Gasteiger partial charge on any atom is -0.333 e. The number of benzene rings is 1. The summed E-state index contributed by atoms with van der Waals surface area (Å²) < 4.78 is 4.19. The molecule has 0 aliphatic heterocycles. The van der Waals surface area contributed by atoms with Gasteiger partial charge in [-0.1, -0.05) is 12.1 Å². The standard InChI is InChI=1S/C20H18N6O3/c1-24-17-16(19(28)25(2)20(24)29)9-14(10-22-17)18(27)23-15-5-3-4-13(8-15)11-26-7-6-21-12-26/h3-10,12H,11H2,1-2H3,(H,23,27). The Hall–Kier alpha value is -4.01. The third-order valence-corrected chi connectivity index (χ3v) is 4.66. The Morgan fingerprint density at radius 1 is 1.14 bits per heavy atom. The summed E-state index contributed by atoms with van der Waals surface area (Å²) in [6.45, 7) is 0.630. The lowest BCUT2D eigenvalue weighted by Crippen LogP contribution is -2.37. The Kier molecular flexibility index (Phi) is 4.55. The fourth-order valence-electron chi connectivity index (χ4n) is 3.13. The van der Waals surface area contributed by atoms with Gasteiger partial charge in [0.25, 0.3) is 11.5 Å². The second-order valence-electron chi connectivity index (χ2n) is 6.69. The summed E-state index contributed by atoms with van der Waals surface area (Å²) in [6.07, 6.45) is 6.64. The largest absolute Gasteiger partial charge is 0.333 e. The molecular formula is C20H18N6O3. The molecule has 0 bridgehead atoms. The first-order chi connectivity index (χ1) is 13.9. The van der Waals surface area contributed by atoms with Gasteiger partial charge in [0.05, 0.1) is 17.3 Å². The monoisotopic (exact) mass is 390 g/mol. The van der Waals surface area contributed by atoms with Crippen LogP contribution in [-0.4, -0.2) is 29.6 Å². The van der Waals surface area contributed by atoms with Crippen LogP contribution in [-0.2, 0) is 20.6 Å². The van der Waals surface area contributed by atoms with E-state index < -0.39 is 17.2 Å². The van der Waals surface area contributed by atoms with Crippen LogP contribution in [0.2, 0.25) is 0 Å². The molecule has 1 aromatic carbocycles. The normalized spacial score (nSPS) is 11.0.